The zero-order chi connectivity index (χ0) is 20.0. The van der Waals surface area contributed by atoms with Gasteiger partial charge in [-0.25, -0.2) is 8.42 Å². The maximum Gasteiger partial charge on any atom is 0.389 e. The lowest BCUT2D eigenvalue weighted by atomic mass is 10.2. The molecule has 1 N–H and O–H groups in total. The number of sulfone groups is 1. The molecule has 0 aliphatic rings. The number of carbonyl (C=O) groups is 1. The normalized spacial score (nSPS) is 12.8. The Hall–Kier alpha value is -0.930. The first-order chi connectivity index (χ1) is 11.8. The molecule has 1 rings (SSSR count). The summed E-state index contributed by atoms with van der Waals surface area (Å²) in [6.07, 6.45) is -6.17. The molecule has 0 atom stereocenters. The van der Waals surface area contributed by atoms with Gasteiger partial charge >= 0.3 is 6.18 Å². The van der Waals surface area contributed by atoms with Gasteiger partial charge in [-0.15, -0.1) is 11.8 Å². The van der Waals surface area contributed by atoms with Gasteiger partial charge in [-0.3, -0.25) is 4.79 Å². The van der Waals surface area contributed by atoms with E-state index in [0.29, 0.717) is 10.8 Å². The lowest BCUT2D eigenvalue weighted by Gasteiger charge is -2.24. The largest absolute Gasteiger partial charge is 0.389 e. The fourth-order valence-electron chi connectivity index (χ4n) is 1.94. The second-order valence-corrected chi connectivity index (χ2v) is 10.4. The molecular formula is C16H21ClF3NO3S2. The van der Waals surface area contributed by atoms with Crippen molar-refractivity contribution >= 4 is 39.1 Å². The van der Waals surface area contributed by atoms with Crippen LogP contribution in [0, 0.1) is 0 Å². The third-order valence-corrected chi connectivity index (χ3v) is 7.50. The first-order valence-electron chi connectivity index (χ1n) is 7.81. The lowest BCUT2D eigenvalue weighted by Crippen LogP contribution is -2.49. The zero-order valence-corrected chi connectivity index (χ0v) is 16.8. The summed E-state index contributed by atoms with van der Waals surface area (Å²) >= 11 is 7.24. The number of thioether (sulfide) groups is 1. The Morgan fingerprint density at radius 1 is 1.19 bits per heavy atom. The van der Waals surface area contributed by atoms with Crippen molar-refractivity contribution < 1.29 is 26.4 Å². The molecule has 0 fully saturated rings. The van der Waals surface area contributed by atoms with Gasteiger partial charge in [-0.1, -0.05) is 11.6 Å². The molecule has 0 unspecified atom stereocenters. The van der Waals surface area contributed by atoms with Crippen LogP contribution in [-0.4, -0.2) is 43.3 Å². The summed E-state index contributed by atoms with van der Waals surface area (Å²) in [6, 6.07) is 7.12. The van der Waals surface area contributed by atoms with Crippen LogP contribution in [-0.2, 0) is 14.6 Å². The number of amides is 1. The average Bonchev–Trinajstić information content (AvgIpc) is 2.51. The highest BCUT2D eigenvalue weighted by molar-refractivity contribution is 7.99. The summed E-state index contributed by atoms with van der Waals surface area (Å²) in [6.45, 7) is 2.64. The van der Waals surface area contributed by atoms with Gasteiger partial charge in [0.2, 0.25) is 5.91 Å². The zero-order valence-electron chi connectivity index (χ0n) is 14.4. The van der Waals surface area contributed by atoms with E-state index in [9.17, 15) is 26.4 Å². The summed E-state index contributed by atoms with van der Waals surface area (Å²) in [7, 11) is -4.01. The number of nitrogens with one attached hydrogen (secondary N) is 1. The molecule has 0 heterocycles. The van der Waals surface area contributed by atoms with Crippen molar-refractivity contribution in [3.63, 3.8) is 0 Å². The molecule has 1 aromatic rings. The Bertz CT molecular complexity index is 704. The van der Waals surface area contributed by atoms with E-state index in [2.05, 4.69) is 5.32 Å². The van der Waals surface area contributed by atoms with Crippen LogP contribution < -0.4 is 5.32 Å². The van der Waals surface area contributed by atoms with Gasteiger partial charge in [0.1, 0.15) is 4.75 Å². The molecule has 0 spiro atoms. The Labute approximate surface area is 160 Å². The summed E-state index contributed by atoms with van der Waals surface area (Å²) in [5.74, 6) is -0.898. The molecule has 1 aromatic carbocycles. The minimum atomic E-state index is -4.42. The highest BCUT2D eigenvalue weighted by Crippen LogP contribution is 2.25. The van der Waals surface area contributed by atoms with Gasteiger partial charge < -0.3 is 5.32 Å². The topological polar surface area (TPSA) is 63.2 Å². The van der Waals surface area contributed by atoms with E-state index in [4.69, 9.17) is 11.6 Å². The molecule has 0 radical (unpaired) electrons. The molecule has 4 nitrogen and oxygen atoms in total. The average molecular weight is 432 g/mol. The van der Waals surface area contributed by atoms with Crippen molar-refractivity contribution in [3.05, 3.63) is 29.3 Å². The van der Waals surface area contributed by atoms with E-state index < -0.39 is 45.3 Å². The van der Waals surface area contributed by atoms with Crippen molar-refractivity contribution in [2.24, 2.45) is 0 Å². The fourth-order valence-corrected chi connectivity index (χ4v) is 4.22. The van der Waals surface area contributed by atoms with E-state index in [1.807, 2.05) is 12.1 Å². The fraction of sp³-hybridized carbons (Fsp3) is 0.562. The second kappa shape index (κ2) is 9.32. The van der Waals surface area contributed by atoms with Crippen LogP contribution in [0.4, 0.5) is 13.2 Å². The molecule has 0 saturated carbocycles. The quantitative estimate of drug-likeness (QED) is 0.472. The Balaban J connectivity index is 2.48. The first-order valence-corrected chi connectivity index (χ1v) is 10.8. The summed E-state index contributed by atoms with van der Waals surface area (Å²) in [5.41, 5.74) is 0. The Kier molecular flexibility index (Phi) is 8.29. The van der Waals surface area contributed by atoms with E-state index in [0.717, 1.165) is 4.90 Å². The number of hydrogen-bond acceptors (Lipinski definition) is 4. The van der Waals surface area contributed by atoms with Crippen LogP contribution in [0.15, 0.2) is 29.2 Å². The molecule has 148 valence electrons. The number of rotatable bonds is 9. The predicted octanol–water partition coefficient (Wildman–Crippen LogP) is 4.08. The third-order valence-electron chi connectivity index (χ3n) is 3.67. The maximum atomic E-state index is 12.2. The van der Waals surface area contributed by atoms with E-state index in [1.54, 1.807) is 12.1 Å². The van der Waals surface area contributed by atoms with Gasteiger partial charge in [0.15, 0.2) is 9.84 Å². The van der Waals surface area contributed by atoms with Crippen molar-refractivity contribution in [2.45, 2.75) is 42.5 Å². The van der Waals surface area contributed by atoms with Crippen molar-refractivity contribution in [1.82, 2.24) is 5.32 Å². The summed E-state index contributed by atoms with van der Waals surface area (Å²) in [4.78, 5) is 13.1. The minimum absolute atomic E-state index is 0.230. The van der Waals surface area contributed by atoms with Crippen LogP contribution in [0.5, 0.6) is 0 Å². The van der Waals surface area contributed by atoms with Gasteiger partial charge in [0.25, 0.3) is 0 Å². The molecule has 0 aromatic heterocycles. The van der Waals surface area contributed by atoms with Crippen molar-refractivity contribution in [3.8, 4) is 0 Å². The van der Waals surface area contributed by atoms with E-state index in [1.165, 1.54) is 25.6 Å². The standard InChI is InChI=1S/C16H21ClF3NO3S2/c1-15(2,26(23,24)11-3-8-16(18,19)20)14(22)21-9-10-25-13-6-4-12(17)5-7-13/h4-7H,3,8-11H2,1-2H3,(H,21,22). The number of carbonyl (C=O) groups excluding carboxylic acids is 1. The SMILES string of the molecule is CC(C)(C(=O)NCCSc1ccc(Cl)cc1)S(=O)(=O)CCCC(F)(F)F. The van der Waals surface area contributed by atoms with Gasteiger partial charge in [-0.2, -0.15) is 13.2 Å². The molecule has 26 heavy (non-hydrogen) atoms. The predicted molar refractivity (Wildman–Crippen MR) is 98.3 cm³/mol. The molecule has 10 heteroatoms. The van der Waals surface area contributed by atoms with Gasteiger partial charge in [0.05, 0.1) is 5.75 Å². The van der Waals surface area contributed by atoms with Gasteiger partial charge in [-0.05, 0) is 44.5 Å². The Morgan fingerprint density at radius 3 is 2.31 bits per heavy atom. The molecule has 1 amide bonds. The summed E-state index contributed by atoms with van der Waals surface area (Å²) in [5, 5.41) is 3.14. The highest BCUT2D eigenvalue weighted by Gasteiger charge is 2.41. The van der Waals surface area contributed by atoms with Crippen LogP contribution in [0.1, 0.15) is 26.7 Å². The lowest BCUT2D eigenvalue weighted by molar-refractivity contribution is -0.134. The van der Waals surface area contributed by atoms with Crippen molar-refractivity contribution in [1.29, 1.82) is 0 Å². The van der Waals surface area contributed by atoms with E-state index >= 15 is 0 Å². The Morgan fingerprint density at radius 2 is 1.77 bits per heavy atom. The summed E-state index contributed by atoms with van der Waals surface area (Å²) < 4.78 is 59.2. The van der Waals surface area contributed by atoms with Crippen LogP contribution in [0.2, 0.25) is 5.02 Å². The van der Waals surface area contributed by atoms with Crippen LogP contribution in [0.25, 0.3) is 0 Å². The number of hydrogen-bond donors (Lipinski definition) is 1. The monoisotopic (exact) mass is 431 g/mol. The molecule has 0 aliphatic carbocycles. The van der Waals surface area contributed by atoms with Gasteiger partial charge in [0, 0.05) is 28.6 Å². The maximum absolute atomic E-state index is 12.2. The number of alkyl halides is 3. The first kappa shape index (κ1) is 23.1. The third kappa shape index (κ3) is 7.36. The number of halogens is 4. The highest BCUT2D eigenvalue weighted by atomic mass is 35.5. The van der Waals surface area contributed by atoms with E-state index in [-0.39, 0.29) is 6.54 Å². The number of benzene rings is 1. The minimum Gasteiger partial charge on any atom is -0.354 e. The molecule has 0 saturated heterocycles. The molecule has 0 bridgehead atoms. The van der Waals surface area contributed by atoms with Crippen LogP contribution in [0.3, 0.4) is 0 Å². The second-order valence-electron chi connectivity index (χ2n) is 6.11. The smallest absolute Gasteiger partial charge is 0.354 e. The molecule has 0 aliphatic heterocycles. The molecular weight excluding hydrogens is 411 g/mol. The van der Waals surface area contributed by atoms with Crippen molar-refractivity contribution in [2.75, 3.05) is 18.1 Å². The van der Waals surface area contributed by atoms with Crippen LogP contribution >= 0.6 is 23.4 Å².